The molecular formula is C13H19N5O3. The van der Waals surface area contributed by atoms with Crippen molar-refractivity contribution in [2.45, 2.75) is 25.7 Å². The Balaban J connectivity index is 1.55. The summed E-state index contributed by atoms with van der Waals surface area (Å²) in [5.74, 6) is 0.224. The molecule has 1 aliphatic carbocycles. The van der Waals surface area contributed by atoms with Gasteiger partial charge < -0.3 is 10.1 Å². The molecule has 8 nitrogen and oxygen atoms in total. The zero-order valence-electron chi connectivity index (χ0n) is 11.9. The number of rotatable bonds is 4. The van der Waals surface area contributed by atoms with E-state index in [9.17, 15) is 9.59 Å². The fourth-order valence-electron chi connectivity index (χ4n) is 3.03. The van der Waals surface area contributed by atoms with E-state index < -0.39 is 5.97 Å². The number of piperidine rings is 1. The third-order valence-corrected chi connectivity index (χ3v) is 4.41. The van der Waals surface area contributed by atoms with Gasteiger partial charge in [0.25, 0.3) is 0 Å². The lowest BCUT2D eigenvalue weighted by molar-refractivity contribution is -0.139. The molecular weight excluding hydrogens is 274 g/mol. The molecule has 3 rings (SSSR count). The number of methoxy groups -OCH3 is 1. The van der Waals surface area contributed by atoms with Crippen LogP contribution in [0.15, 0.2) is 0 Å². The van der Waals surface area contributed by atoms with Crippen molar-refractivity contribution in [2.75, 3.05) is 25.5 Å². The first-order chi connectivity index (χ1) is 10.1. The summed E-state index contributed by atoms with van der Waals surface area (Å²) in [6.45, 7) is 1.96. The Morgan fingerprint density at radius 1 is 1.43 bits per heavy atom. The second kappa shape index (κ2) is 5.44. The molecule has 1 aliphatic heterocycles. The minimum absolute atomic E-state index is 0.0123. The van der Waals surface area contributed by atoms with Crippen LogP contribution in [-0.2, 0) is 20.7 Å². The number of hydrogen-bond acceptors (Lipinski definition) is 6. The number of esters is 1. The number of H-pyrrole nitrogens is 1. The molecule has 1 saturated carbocycles. The quantitative estimate of drug-likeness (QED) is 0.666. The summed E-state index contributed by atoms with van der Waals surface area (Å²) < 4.78 is 4.55. The van der Waals surface area contributed by atoms with Crippen LogP contribution in [0.25, 0.3) is 0 Å². The molecule has 1 spiro atoms. The SMILES string of the molecule is COC(=O)Cc1nc(NC(=O)C2CC23CCNCC3)n[nH]1. The average Bonchev–Trinajstić information content (AvgIpc) is 2.99. The Kier molecular flexibility index (Phi) is 3.62. The van der Waals surface area contributed by atoms with Crippen LogP contribution in [0, 0.1) is 11.3 Å². The molecule has 2 aliphatic rings. The largest absolute Gasteiger partial charge is 0.469 e. The van der Waals surface area contributed by atoms with E-state index in [0.29, 0.717) is 5.82 Å². The number of carbonyl (C=O) groups is 2. The summed E-state index contributed by atoms with van der Waals surface area (Å²) in [5, 5.41) is 12.6. The van der Waals surface area contributed by atoms with E-state index in [1.807, 2.05) is 0 Å². The minimum Gasteiger partial charge on any atom is -0.469 e. The molecule has 21 heavy (non-hydrogen) atoms. The number of hydrogen-bond donors (Lipinski definition) is 3. The van der Waals surface area contributed by atoms with E-state index in [2.05, 4.69) is 30.6 Å². The van der Waals surface area contributed by atoms with Crippen molar-refractivity contribution in [3.63, 3.8) is 0 Å². The van der Waals surface area contributed by atoms with E-state index in [1.165, 1.54) is 7.11 Å². The Morgan fingerprint density at radius 3 is 2.90 bits per heavy atom. The van der Waals surface area contributed by atoms with Crippen molar-refractivity contribution in [2.24, 2.45) is 11.3 Å². The highest BCUT2D eigenvalue weighted by molar-refractivity contribution is 5.93. The fourth-order valence-corrected chi connectivity index (χ4v) is 3.03. The van der Waals surface area contributed by atoms with Gasteiger partial charge in [-0.3, -0.25) is 20.0 Å². The number of anilines is 1. The predicted octanol–water partition coefficient (Wildman–Crippen LogP) is -0.152. The molecule has 1 aromatic heterocycles. The van der Waals surface area contributed by atoms with Gasteiger partial charge in [0.2, 0.25) is 11.9 Å². The van der Waals surface area contributed by atoms with Gasteiger partial charge in [0.05, 0.1) is 7.11 Å². The molecule has 1 aromatic rings. The van der Waals surface area contributed by atoms with E-state index in [-0.39, 0.29) is 29.6 Å². The second-order valence-electron chi connectivity index (χ2n) is 5.72. The maximum absolute atomic E-state index is 12.2. The summed E-state index contributed by atoms with van der Waals surface area (Å²) in [6.07, 6.45) is 3.05. The van der Waals surface area contributed by atoms with Crippen LogP contribution < -0.4 is 10.6 Å². The van der Waals surface area contributed by atoms with Gasteiger partial charge in [-0.2, -0.15) is 4.98 Å². The highest BCUT2D eigenvalue weighted by atomic mass is 16.5. The van der Waals surface area contributed by atoms with Crippen molar-refractivity contribution < 1.29 is 14.3 Å². The maximum atomic E-state index is 12.2. The standard InChI is InChI=1S/C13H19N5O3/c1-21-10(19)6-9-15-12(18-17-9)16-11(20)8-7-13(8)2-4-14-5-3-13/h8,14H,2-7H2,1H3,(H2,15,16,17,18,20). The number of ether oxygens (including phenoxy) is 1. The van der Waals surface area contributed by atoms with Crippen molar-refractivity contribution >= 4 is 17.8 Å². The lowest BCUT2D eigenvalue weighted by atomic mass is 9.92. The number of nitrogens with zero attached hydrogens (tertiary/aromatic N) is 2. The summed E-state index contributed by atoms with van der Waals surface area (Å²) in [7, 11) is 1.31. The predicted molar refractivity (Wildman–Crippen MR) is 73.4 cm³/mol. The van der Waals surface area contributed by atoms with Gasteiger partial charge in [0.15, 0.2) is 0 Å². The molecule has 2 heterocycles. The van der Waals surface area contributed by atoms with Crippen LogP contribution in [0.2, 0.25) is 0 Å². The highest BCUT2D eigenvalue weighted by Crippen LogP contribution is 2.58. The normalized spacial score (nSPS) is 22.8. The smallest absolute Gasteiger partial charge is 0.313 e. The molecule has 0 aromatic carbocycles. The van der Waals surface area contributed by atoms with Gasteiger partial charge >= 0.3 is 5.97 Å². The third-order valence-electron chi connectivity index (χ3n) is 4.41. The molecule has 1 unspecified atom stereocenters. The maximum Gasteiger partial charge on any atom is 0.313 e. The van der Waals surface area contributed by atoms with Crippen LogP contribution >= 0.6 is 0 Å². The van der Waals surface area contributed by atoms with Gasteiger partial charge in [-0.15, -0.1) is 5.10 Å². The molecule has 2 fully saturated rings. The third kappa shape index (κ3) is 2.90. The van der Waals surface area contributed by atoms with Gasteiger partial charge in [-0.1, -0.05) is 0 Å². The summed E-state index contributed by atoms with van der Waals surface area (Å²) >= 11 is 0. The van der Waals surface area contributed by atoms with Crippen molar-refractivity contribution in [1.82, 2.24) is 20.5 Å². The van der Waals surface area contributed by atoms with Gasteiger partial charge in [0, 0.05) is 5.92 Å². The Bertz CT molecular complexity index is 550. The molecule has 0 bridgehead atoms. The van der Waals surface area contributed by atoms with Crippen LogP contribution in [0.4, 0.5) is 5.95 Å². The van der Waals surface area contributed by atoms with Gasteiger partial charge in [0.1, 0.15) is 12.2 Å². The second-order valence-corrected chi connectivity index (χ2v) is 5.72. The molecule has 1 amide bonds. The van der Waals surface area contributed by atoms with E-state index in [4.69, 9.17) is 0 Å². The lowest BCUT2D eigenvalue weighted by Crippen LogP contribution is -2.31. The molecule has 8 heteroatoms. The Morgan fingerprint density at radius 2 is 2.19 bits per heavy atom. The van der Waals surface area contributed by atoms with Crippen LogP contribution in [-0.4, -0.2) is 47.3 Å². The van der Waals surface area contributed by atoms with Crippen molar-refractivity contribution in [3.05, 3.63) is 5.82 Å². The number of carbonyl (C=O) groups excluding carboxylic acids is 2. The number of amides is 1. The first-order valence-corrected chi connectivity index (χ1v) is 7.13. The molecule has 0 radical (unpaired) electrons. The lowest BCUT2D eigenvalue weighted by Gasteiger charge is -2.22. The van der Waals surface area contributed by atoms with E-state index in [0.717, 1.165) is 32.4 Å². The van der Waals surface area contributed by atoms with Crippen LogP contribution in [0.3, 0.4) is 0 Å². The molecule has 3 N–H and O–H groups in total. The molecule has 1 saturated heterocycles. The zero-order chi connectivity index (χ0) is 14.9. The van der Waals surface area contributed by atoms with Crippen molar-refractivity contribution in [1.29, 1.82) is 0 Å². The van der Waals surface area contributed by atoms with E-state index in [1.54, 1.807) is 0 Å². The molecule has 114 valence electrons. The van der Waals surface area contributed by atoms with E-state index >= 15 is 0 Å². The Hall–Kier alpha value is -1.96. The first-order valence-electron chi connectivity index (χ1n) is 7.13. The summed E-state index contributed by atoms with van der Waals surface area (Å²) in [4.78, 5) is 27.4. The number of aromatic amines is 1. The van der Waals surface area contributed by atoms with Gasteiger partial charge in [-0.25, -0.2) is 0 Å². The van der Waals surface area contributed by atoms with Crippen LogP contribution in [0.5, 0.6) is 0 Å². The zero-order valence-corrected chi connectivity index (χ0v) is 11.9. The fraction of sp³-hybridized carbons (Fsp3) is 0.692. The monoisotopic (exact) mass is 293 g/mol. The summed E-state index contributed by atoms with van der Waals surface area (Å²) in [6, 6.07) is 0. The highest BCUT2D eigenvalue weighted by Gasteiger charge is 2.57. The molecule has 1 atom stereocenters. The Labute approximate surface area is 122 Å². The average molecular weight is 293 g/mol. The first kappa shape index (κ1) is 14.0. The topological polar surface area (TPSA) is 109 Å². The van der Waals surface area contributed by atoms with Crippen molar-refractivity contribution in [3.8, 4) is 0 Å². The van der Waals surface area contributed by atoms with Gasteiger partial charge in [-0.05, 0) is 37.8 Å². The van der Waals surface area contributed by atoms with Crippen LogP contribution in [0.1, 0.15) is 25.1 Å². The minimum atomic E-state index is -0.403. The number of nitrogens with one attached hydrogen (secondary N) is 3. The number of aromatic nitrogens is 3. The summed E-state index contributed by atoms with van der Waals surface area (Å²) in [5.41, 5.74) is 0.181.